The number of ether oxygens (including phenoxy) is 1. The standard InChI is InChI=1S/C17H21N5O3S/c1-11(10-25-3)18-17(26)20-19-16(24)15-14(23)9-12(2)22(21-15)13-7-5-4-6-8-13/h4-9,11H,10H2,1-3H3,(H,19,24)(H2,18,20,26)/t11-/m1/s1. The van der Waals surface area contributed by atoms with E-state index in [9.17, 15) is 9.59 Å². The third kappa shape index (κ3) is 5.11. The highest BCUT2D eigenvalue weighted by atomic mass is 32.1. The lowest BCUT2D eigenvalue weighted by atomic mass is 10.3. The first-order valence-electron chi connectivity index (χ1n) is 7.94. The fourth-order valence-corrected chi connectivity index (χ4v) is 2.51. The molecule has 1 amide bonds. The molecule has 3 N–H and O–H groups in total. The smallest absolute Gasteiger partial charge is 0.294 e. The summed E-state index contributed by atoms with van der Waals surface area (Å²) in [6, 6.07) is 10.6. The Hall–Kier alpha value is -2.78. The van der Waals surface area contributed by atoms with Gasteiger partial charge in [0.15, 0.2) is 10.8 Å². The fraction of sp³-hybridized carbons (Fsp3) is 0.294. The van der Waals surface area contributed by atoms with Gasteiger partial charge >= 0.3 is 0 Å². The van der Waals surface area contributed by atoms with E-state index in [1.807, 2.05) is 37.3 Å². The number of hydrogen-bond donors (Lipinski definition) is 3. The summed E-state index contributed by atoms with van der Waals surface area (Å²) in [5.74, 6) is -0.678. The number of carbonyl (C=O) groups excluding carboxylic acids is 1. The zero-order valence-corrected chi connectivity index (χ0v) is 15.6. The van der Waals surface area contributed by atoms with Gasteiger partial charge in [-0.3, -0.25) is 20.4 Å². The number of rotatable bonds is 5. The zero-order chi connectivity index (χ0) is 19.1. The first-order chi connectivity index (χ1) is 12.4. The van der Waals surface area contributed by atoms with E-state index in [0.29, 0.717) is 12.3 Å². The quantitative estimate of drug-likeness (QED) is 0.522. The number of aryl methyl sites for hydroxylation is 1. The predicted molar refractivity (Wildman–Crippen MR) is 102 cm³/mol. The Morgan fingerprint density at radius 2 is 2.00 bits per heavy atom. The molecule has 1 aromatic carbocycles. The zero-order valence-electron chi connectivity index (χ0n) is 14.8. The molecule has 0 saturated carbocycles. The Kier molecular flexibility index (Phi) is 6.81. The van der Waals surface area contributed by atoms with Crippen molar-refractivity contribution < 1.29 is 9.53 Å². The number of aromatic nitrogens is 2. The number of methoxy groups -OCH3 is 1. The van der Waals surface area contributed by atoms with Gasteiger partial charge in [-0.05, 0) is 38.2 Å². The molecular formula is C17H21N5O3S. The van der Waals surface area contributed by atoms with Crippen LogP contribution in [0, 0.1) is 6.92 Å². The SMILES string of the molecule is COC[C@@H](C)NC(=S)NNC(=O)c1nn(-c2ccccc2)c(C)cc1=O. The Labute approximate surface area is 156 Å². The van der Waals surface area contributed by atoms with Crippen molar-refractivity contribution in [2.24, 2.45) is 0 Å². The van der Waals surface area contributed by atoms with E-state index < -0.39 is 11.3 Å². The summed E-state index contributed by atoms with van der Waals surface area (Å²) < 4.78 is 6.53. The van der Waals surface area contributed by atoms with Crippen molar-refractivity contribution in [3.05, 3.63) is 58.0 Å². The van der Waals surface area contributed by atoms with Gasteiger partial charge in [0.1, 0.15) is 0 Å². The maximum absolute atomic E-state index is 12.3. The average Bonchev–Trinajstić information content (AvgIpc) is 2.60. The molecule has 0 aliphatic heterocycles. The Morgan fingerprint density at radius 1 is 1.31 bits per heavy atom. The molecule has 1 atom stereocenters. The van der Waals surface area contributed by atoms with Crippen LogP contribution in [0.4, 0.5) is 0 Å². The lowest BCUT2D eigenvalue weighted by Gasteiger charge is -2.16. The predicted octanol–water partition coefficient (Wildman–Crippen LogP) is 0.685. The molecule has 0 saturated heterocycles. The van der Waals surface area contributed by atoms with Crippen molar-refractivity contribution >= 4 is 23.2 Å². The number of amides is 1. The Balaban J connectivity index is 2.12. The second-order valence-electron chi connectivity index (χ2n) is 5.65. The summed E-state index contributed by atoms with van der Waals surface area (Å²) in [5, 5.41) is 7.31. The van der Waals surface area contributed by atoms with Crippen molar-refractivity contribution in [2.75, 3.05) is 13.7 Å². The number of hydrogen-bond acceptors (Lipinski definition) is 5. The molecule has 138 valence electrons. The summed E-state index contributed by atoms with van der Waals surface area (Å²) in [5.41, 5.74) is 5.59. The van der Waals surface area contributed by atoms with Gasteiger partial charge in [0.2, 0.25) is 5.43 Å². The molecule has 0 aliphatic rings. The van der Waals surface area contributed by atoms with Crippen molar-refractivity contribution in [1.82, 2.24) is 25.9 Å². The molecule has 0 unspecified atom stereocenters. The molecule has 0 aliphatic carbocycles. The van der Waals surface area contributed by atoms with Crippen molar-refractivity contribution in [3.63, 3.8) is 0 Å². The van der Waals surface area contributed by atoms with Crippen LogP contribution in [0.3, 0.4) is 0 Å². The molecule has 1 heterocycles. The molecule has 0 fully saturated rings. The first-order valence-corrected chi connectivity index (χ1v) is 8.35. The van der Waals surface area contributed by atoms with Gasteiger partial charge in [0, 0.05) is 24.9 Å². The van der Waals surface area contributed by atoms with Gasteiger partial charge < -0.3 is 10.1 Å². The molecule has 1 aromatic heterocycles. The van der Waals surface area contributed by atoms with Gasteiger partial charge in [-0.15, -0.1) is 0 Å². The third-order valence-electron chi connectivity index (χ3n) is 3.41. The molecule has 9 heteroatoms. The average molecular weight is 375 g/mol. The molecule has 8 nitrogen and oxygen atoms in total. The van der Waals surface area contributed by atoms with Crippen LogP contribution in [0.5, 0.6) is 0 Å². The van der Waals surface area contributed by atoms with E-state index in [1.165, 1.54) is 10.7 Å². The van der Waals surface area contributed by atoms with Crippen LogP contribution in [0.1, 0.15) is 23.1 Å². The monoisotopic (exact) mass is 375 g/mol. The molecular weight excluding hydrogens is 354 g/mol. The van der Waals surface area contributed by atoms with Crippen molar-refractivity contribution in [1.29, 1.82) is 0 Å². The lowest BCUT2D eigenvalue weighted by molar-refractivity contribution is 0.0935. The molecule has 0 radical (unpaired) electrons. The molecule has 26 heavy (non-hydrogen) atoms. The number of benzene rings is 1. The number of nitrogens with zero attached hydrogens (tertiary/aromatic N) is 2. The van der Waals surface area contributed by atoms with Crippen LogP contribution in [0.15, 0.2) is 41.2 Å². The minimum atomic E-state index is -0.678. The minimum absolute atomic E-state index is 0.0373. The summed E-state index contributed by atoms with van der Waals surface area (Å²) in [4.78, 5) is 24.5. The Morgan fingerprint density at radius 3 is 2.65 bits per heavy atom. The third-order valence-corrected chi connectivity index (χ3v) is 3.63. The highest BCUT2D eigenvalue weighted by Crippen LogP contribution is 2.07. The van der Waals surface area contributed by atoms with E-state index in [1.54, 1.807) is 14.0 Å². The summed E-state index contributed by atoms with van der Waals surface area (Å²) >= 11 is 5.07. The van der Waals surface area contributed by atoms with Gasteiger partial charge in [0.05, 0.1) is 12.3 Å². The minimum Gasteiger partial charge on any atom is -0.383 e. The van der Waals surface area contributed by atoms with Crippen LogP contribution < -0.4 is 21.6 Å². The van der Waals surface area contributed by atoms with E-state index in [-0.39, 0.29) is 16.8 Å². The number of carbonyl (C=O) groups is 1. The summed E-state index contributed by atoms with van der Waals surface area (Å²) in [6.45, 7) is 4.08. The van der Waals surface area contributed by atoms with E-state index >= 15 is 0 Å². The van der Waals surface area contributed by atoms with Crippen LogP contribution >= 0.6 is 12.2 Å². The number of para-hydroxylation sites is 1. The number of nitrogens with one attached hydrogen (secondary N) is 3. The highest BCUT2D eigenvalue weighted by Gasteiger charge is 2.15. The van der Waals surface area contributed by atoms with Gasteiger partial charge in [-0.1, -0.05) is 18.2 Å². The number of hydrazine groups is 1. The number of thiocarbonyl (C=S) groups is 1. The molecule has 0 spiro atoms. The van der Waals surface area contributed by atoms with Crippen molar-refractivity contribution in [2.45, 2.75) is 19.9 Å². The van der Waals surface area contributed by atoms with Crippen LogP contribution in [-0.2, 0) is 4.74 Å². The lowest BCUT2D eigenvalue weighted by Crippen LogP contribution is -2.50. The Bertz CT molecular complexity index is 838. The van der Waals surface area contributed by atoms with Crippen LogP contribution in [0.2, 0.25) is 0 Å². The fourth-order valence-electron chi connectivity index (χ4n) is 2.26. The first kappa shape index (κ1) is 19.5. The van der Waals surface area contributed by atoms with Gasteiger partial charge in [-0.2, -0.15) is 5.10 Å². The second kappa shape index (κ2) is 9.07. The van der Waals surface area contributed by atoms with E-state index in [2.05, 4.69) is 21.3 Å². The molecule has 0 bridgehead atoms. The maximum Gasteiger partial charge on any atom is 0.294 e. The van der Waals surface area contributed by atoms with E-state index in [0.717, 1.165) is 5.69 Å². The maximum atomic E-state index is 12.3. The van der Waals surface area contributed by atoms with Gasteiger partial charge in [0.25, 0.3) is 5.91 Å². The summed E-state index contributed by atoms with van der Waals surface area (Å²) in [7, 11) is 1.58. The summed E-state index contributed by atoms with van der Waals surface area (Å²) in [6.07, 6.45) is 0. The van der Waals surface area contributed by atoms with Crippen molar-refractivity contribution in [3.8, 4) is 5.69 Å². The second-order valence-corrected chi connectivity index (χ2v) is 6.06. The van der Waals surface area contributed by atoms with Crippen LogP contribution in [-0.4, -0.2) is 40.6 Å². The topological polar surface area (TPSA) is 97.3 Å². The largest absolute Gasteiger partial charge is 0.383 e. The molecule has 2 rings (SSSR count). The molecule has 2 aromatic rings. The van der Waals surface area contributed by atoms with E-state index in [4.69, 9.17) is 17.0 Å². The highest BCUT2D eigenvalue weighted by molar-refractivity contribution is 7.80. The normalized spacial score (nSPS) is 11.5. The van der Waals surface area contributed by atoms with Crippen LogP contribution in [0.25, 0.3) is 5.69 Å². The van der Waals surface area contributed by atoms with Gasteiger partial charge in [-0.25, -0.2) is 4.68 Å².